The van der Waals surface area contributed by atoms with Crippen LogP contribution >= 0.6 is 0 Å². The molecule has 0 saturated heterocycles. The van der Waals surface area contributed by atoms with Crippen LogP contribution in [0.25, 0.3) is 12.2 Å². The van der Waals surface area contributed by atoms with E-state index in [1.54, 1.807) is 19.2 Å². The molecule has 0 bridgehead atoms. The Morgan fingerprint density at radius 3 is 2.63 bits per heavy atom. The predicted octanol–water partition coefficient (Wildman–Crippen LogP) is 2.65. The molecule has 2 rings (SSSR count). The molecule has 0 radical (unpaired) electrons. The molecule has 0 aromatic carbocycles. The fourth-order valence-electron chi connectivity index (χ4n) is 2.09. The van der Waals surface area contributed by atoms with E-state index in [2.05, 4.69) is 13.2 Å². The zero-order chi connectivity index (χ0) is 14.0. The van der Waals surface area contributed by atoms with E-state index in [4.69, 9.17) is 4.74 Å². The minimum Gasteiger partial charge on any atom is -0.462 e. The number of pyridine rings is 1. The largest absolute Gasteiger partial charge is 0.462 e. The fraction of sp³-hybridized carbons (Fsp3) is 0.333. The Balaban J connectivity index is 2.65. The summed E-state index contributed by atoms with van der Waals surface area (Å²) in [7, 11) is 0. The fourth-order valence-corrected chi connectivity index (χ4v) is 2.09. The van der Waals surface area contributed by atoms with Crippen LogP contribution in [-0.2, 0) is 4.74 Å². The maximum absolute atomic E-state index is 12.3. The number of hydrogen-bond acceptors (Lipinski definition) is 3. The second-order valence-corrected chi connectivity index (χ2v) is 4.44. The second-order valence-electron chi connectivity index (χ2n) is 4.44. The van der Waals surface area contributed by atoms with Crippen molar-refractivity contribution in [2.75, 3.05) is 6.61 Å². The molecule has 0 atom stereocenters. The summed E-state index contributed by atoms with van der Waals surface area (Å²) in [5.41, 5.74) is 0.845. The van der Waals surface area contributed by atoms with Gasteiger partial charge in [-0.15, -0.1) is 0 Å². The van der Waals surface area contributed by atoms with Crippen molar-refractivity contribution in [1.29, 1.82) is 0 Å². The van der Waals surface area contributed by atoms with E-state index in [0.29, 0.717) is 11.6 Å². The number of carbonyl (C=O) groups excluding carboxylic acids is 1. The molecule has 0 spiro atoms. The van der Waals surface area contributed by atoms with Crippen molar-refractivity contribution in [2.45, 2.75) is 25.8 Å². The number of aromatic nitrogens is 1. The Kier molecular flexibility index (Phi) is 3.69. The van der Waals surface area contributed by atoms with Crippen molar-refractivity contribution in [3.63, 3.8) is 0 Å². The molecule has 4 nitrogen and oxygen atoms in total. The Hall–Kier alpha value is -2.10. The minimum atomic E-state index is -0.583. The van der Waals surface area contributed by atoms with Gasteiger partial charge in [0, 0.05) is 17.8 Å². The van der Waals surface area contributed by atoms with Gasteiger partial charge in [-0.2, -0.15) is 0 Å². The van der Waals surface area contributed by atoms with Crippen molar-refractivity contribution < 1.29 is 9.53 Å². The van der Waals surface area contributed by atoms with Gasteiger partial charge in [-0.3, -0.25) is 4.79 Å². The van der Waals surface area contributed by atoms with E-state index < -0.39 is 5.97 Å². The summed E-state index contributed by atoms with van der Waals surface area (Å²) >= 11 is 0. The van der Waals surface area contributed by atoms with Crippen molar-refractivity contribution in [1.82, 2.24) is 4.57 Å². The maximum Gasteiger partial charge on any atom is 0.343 e. The first-order valence-electron chi connectivity index (χ1n) is 6.35. The minimum absolute atomic E-state index is 0.0641. The normalized spacial score (nSPS) is 13.9. The molecule has 0 aliphatic heterocycles. The molecule has 4 heteroatoms. The summed E-state index contributed by atoms with van der Waals surface area (Å²) in [4.78, 5) is 24.1. The zero-order valence-electron chi connectivity index (χ0n) is 11.0. The van der Waals surface area contributed by atoms with Gasteiger partial charge in [-0.05, 0) is 25.8 Å². The van der Waals surface area contributed by atoms with Crippen LogP contribution in [0.2, 0.25) is 0 Å². The van der Waals surface area contributed by atoms with Gasteiger partial charge in [0.2, 0.25) is 5.43 Å². The van der Waals surface area contributed by atoms with Crippen molar-refractivity contribution in [3.8, 4) is 0 Å². The van der Waals surface area contributed by atoms with Gasteiger partial charge >= 0.3 is 5.97 Å². The molecule has 1 saturated carbocycles. The van der Waals surface area contributed by atoms with Crippen LogP contribution in [0.4, 0.5) is 0 Å². The van der Waals surface area contributed by atoms with Gasteiger partial charge < -0.3 is 9.30 Å². The summed E-state index contributed by atoms with van der Waals surface area (Å²) in [5, 5.41) is 0. The highest BCUT2D eigenvalue weighted by Gasteiger charge is 2.28. The van der Waals surface area contributed by atoms with Crippen molar-refractivity contribution in [2.24, 2.45) is 0 Å². The Morgan fingerprint density at radius 1 is 1.47 bits per heavy atom. The molecule has 1 aliphatic rings. The molecule has 1 aromatic rings. The van der Waals surface area contributed by atoms with Crippen LogP contribution in [0.1, 0.15) is 47.4 Å². The highest BCUT2D eigenvalue weighted by Crippen LogP contribution is 2.36. The summed E-state index contributed by atoms with van der Waals surface area (Å²) in [6.07, 6.45) is 6.78. The van der Waals surface area contributed by atoms with E-state index in [0.717, 1.165) is 18.5 Å². The lowest BCUT2D eigenvalue weighted by molar-refractivity contribution is 0.0523. The summed E-state index contributed by atoms with van der Waals surface area (Å²) in [6.45, 7) is 9.35. The molecular weight excluding hydrogens is 242 g/mol. The lowest BCUT2D eigenvalue weighted by Crippen LogP contribution is -2.24. The molecule has 1 fully saturated rings. The molecular formula is C15H17NO3. The van der Waals surface area contributed by atoms with Crippen LogP contribution in [-0.4, -0.2) is 17.1 Å². The monoisotopic (exact) mass is 259 g/mol. The summed E-state index contributed by atoms with van der Waals surface area (Å²) < 4.78 is 6.85. The highest BCUT2D eigenvalue weighted by atomic mass is 16.5. The number of hydrogen-bond donors (Lipinski definition) is 0. The molecule has 100 valence electrons. The molecule has 1 heterocycles. The smallest absolute Gasteiger partial charge is 0.343 e. The van der Waals surface area contributed by atoms with Gasteiger partial charge in [0.25, 0.3) is 0 Å². The van der Waals surface area contributed by atoms with Gasteiger partial charge in [0.05, 0.1) is 12.3 Å². The Labute approximate surface area is 112 Å². The van der Waals surface area contributed by atoms with Crippen LogP contribution < -0.4 is 5.43 Å². The van der Waals surface area contributed by atoms with Gasteiger partial charge in [0.15, 0.2) is 0 Å². The Bertz CT molecular complexity index is 594. The standard InChI is InChI=1S/C15H17NO3/c1-4-11-13(5-2)16(10-7-8-10)9-12(14(11)17)15(18)19-6-3/h4-5,9-10H,1-2,6-8H2,3H3. The number of esters is 1. The Morgan fingerprint density at radius 2 is 2.16 bits per heavy atom. The second kappa shape index (κ2) is 5.26. The van der Waals surface area contributed by atoms with Gasteiger partial charge in [0.1, 0.15) is 5.56 Å². The average molecular weight is 259 g/mol. The first kappa shape index (κ1) is 13.3. The van der Waals surface area contributed by atoms with E-state index in [1.165, 1.54) is 6.08 Å². The highest BCUT2D eigenvalue weighted by molar-refractivity contribution is 5.90. The third kappa shape index (κ3) is 2.38. The van der Waals surface area contributed by atoms with Crippen molar-refractivity contribution >= 4 is 18.1 Å². The third-order valence-electron chi connectivity index (χ3n) is 3.14. The number of nitrogens with zero attached hydrogens (tertiary/aromatic N) is 1. The van der Waals surface area contributed by atoms with Gasteiger partial charge in [-0.1, -0.05) is 19.2 Å². The lowest BCUT2D eigenvalue weighted by atomic mass is 10.1. The van der Waals surface area contributed by atoms with Crippen LogP contribution in [0, 0.1) is 0 Å². The number of ether oxygens (including phenoxy) is 1. The number of rotatable bonds is 5. The average Bonchev–Trinajstić information content (AvgIpc) is 3.22. The van der Waals surface area contributed by atoms with Crippen LogP contribution in [0.3, 0.4) is 0 Å². The molecule has 0 amide bonds. The van der Waals surface area contributed by atoms with E-state index in [9.17, 15) is 9.59 Å². The summed E-state index contributed by atoms with van der Waals surface area (Å²) in [5.74, 6) is -0.583. The summed E-state index contributed by atoms with van der Waals surface area (Å²) in [6, 6.07) is 0.334. The molecule has 1 aromatic heterocycles. The van der Waals surface area contributed by atoms with Crippen LogP contribution in [0.5, 0.6) is 0 Å². The predicted molar refractivity (Wildman–Crippen MR) is 75.1 cm³/mol. The third-order valence-corrected chi connectivity index (χ3v) is 3.14. The van der Waals surface area contributed by atoms with E-state index in [-0.39, 0.29) is 17.6 Å². The van der Waals surface area contributed by atoms with Crippen LogP contribution in [0.15, 0.2) is 24.1 Å². The molecule has 19 heavy (non-hydrogen) atoms. The molecule has 0 N–H and O–H groups in total. The lowest BCUT2D eigenvalue weighted by Gasteiger charge is -2.14. The zero-order valence-corrected chi connectivity index (χ0v) is 11.0. The van der Waals surface area contributed by atoms with E-state index in [1.807, 2.05) is 4.57 Å². The maximum atomic E-state index is 12.3. The first-order chi connectivity index (χ1) is 9.13. The van der Waals surface area contributed by atoms with E-state index >= 15 is 0 Å². The van der Waals surface area contributed by atoms with Crippen molar-refractivity contribution in [3.05, 3.63) is 46.4 Å². The number of carbonyl (C=O) groups is 1. The van der Waals surface area contributed by atoms with Gasteiger partial charge in [-0.25, -0.2) is 4.79 Å². The topological polar surface area (TPSA) is 48.3 Å². The molecule has 0 unspecified atom stereocenters. The first-order valence-corrected chi connectivity index (χ1v) is 6.35. The molecule has 1 aliphatic carbocycles. The SMILES string of the molecule is C=Cc1c(C=C)n(C2CC2)cc(C(=O)OCC)c1=O. The quantitative estimate of drug-likeness (QED) is 0.764.